The third kappa shape index (κ3) is 2.90. The molecule has 1 aliphatic rings. The molecule has 0 bridgehead atoms. The van der Waals surface area contributed by atoms with Gasteiger partial charge in [0.05, 0.1) is 10.8 Å². The number of hydrogen-bond donors (Lipinski definition) is 1. The molecule has 0 aromatic heterocycles. The quantitative estimate of drug-likeness (QED) is 0.932. The van der Waals surface area contributed by atoms with E-state index in [1.54, 1.807) is 0 Å². The van der Waals surface area contributed by atoms with Crippen LogP contribution in [0.2, 0.25) is 0 Å². The Labute approximate surface area is 129 Å². The summed E-state index contributed by atoms with van der Waals surface area (Å²) >= 11 is 0. The minimum Gasteiger partial charge on any atom is -0.314 e. The van der Waals surface area contributed by atoms with Crippen LogP contribution in [0.25, 0.3) is 10.8 Å². The highest BCUT2D eigenvalue weighted by Gasteiger charge is 2.36. The number of hydrogen-bond acceptors (Lipinski definition) is 2. The zero-order valence-corrected chi connectivity index (χ0v) is 13.5. The molecule has 0 amide bonds. The molecule has 3 heteroatoms. The lowest BCUT2D eigenvalue weighted by atomic mass is 10.1. The Morgan fingerprint density at radius 2 is 1.90 bits per heavy atom. The number of fused-ring (bicyclic) bond motifs is 1. The van der Waals surface area contributed by atoms with Gasteiger partial charge in [-0.1, -0.05) is 44.2 Å². The highest BCUT2D eigenvalue weighted by molar-refractivity contribution is 7.85. The fourth-order valence-corrected chi connectivity index (χ4v) is 5.17. The molecule has 0 heterocycles. The third-order valence-corrected chi connectivity index (χ3v) is 6.61. The molecular weight excluding hydrogens is 278 g/mol. The molecule has 2 aromatic carbocycles. The lowest BCUT2D eigenvalue weighted by molar-refractivity contribution is 0.438. The standard InChI is InChI=1S/C18H23NOS/c1-3-19-17-10-11-18(13(17)2)21(20)16-9-8-14-6-4-5-7-15(14)12-16/h4-9,12-13,17-19H,3,10-11H2,1-2H3. The summed E-state index contributed by atoms with van der Waals surface area (Å²) in [6.07, 6.45) is 2.19. The van der Waals surface area contributed by atoms with E-state index in [2.05, 4.69) is 43.4 Å². The van der Waals surface area contributed by atoms with Crippen molar-refractivity contribution in [1.29, 1.82) is 0 Å². The smallest absolute Gasteiger partial charge is 0.0564 e. The van der Waals surface area contributed by atoms with E-state index in [1.807, 2.05) is 18.2 Å². The van der Waals surface area contributed by atoms with Crippen molar-refractivity contribution < 1.29 is 4.21 Å². The van der Waals surface area contributed by atoms with E-state index in [9.17, 15) is 4.21 Å². The Morgan fingerprint density at radius 3 is 2.67 bits per heavy atom. The van der Waals surface area contributed by atoms with Crippen molar-refractivity contribution in [2.45, 2.75) is 42.9 Å². The third-order valence-electron chi connectivity index (χ3n) is 4.68. The fraction of sp³-hybridized carbons (Fsp3) is 0.444. The topological polar surface area (TPSA) is 29.1 Å². The lowest BCUT2D eigenvalue weighted by Crippen LogP contribution is -2.34. The van der Waals surface area contributed by atoms with Gasteiger partial charge in [-0.15, -0.1) is 0 Å². The molecule has 2 aromatic rings. The molecule has 1 N–H and O–H groups in total. The van der Waals surface area contributed by atoms with Crippen molar-refractivity contribution in [3.63, 3.8) is 0 Å². The van der Waals surface area contributed by atoms with Gasteiger partial charge in [0, 0.05) is 16.2 Å². The van der Waals surface area contributed by atoms with E-state index in [0.29, 0.717) is 12.0 Å². The molecule has 1 saturated carbocycles. The van der Waals surface area contributed by atoms with Crippen molar-refractivity contribution in [3.05, 3.63) is 42.5 Å². The molecule has 4 atom stereocenters. The summed E-state index contributed by atoms with van der Waals surface area (Å²) < 4.78 is 12.9. The van der Waals surface area contributed by atoms with E-state index in [0.717, 1.165) is 24.3 Å². The molecule has 0 saturated heterocycles. The summed E-state index contributed by atoms with van der Waals surface area (Å²) in [4.78, 5) is 0.975. The molecule has 0 aliphatic heterocycles. The number of benzene rings is 2. The first-order valence-corrected chi connectivity index (χ1v) is 9.04. The summed E-state index contributed by atoms with van der Waals surface area (Å²) in [7, 11) is -0.909. The second kappa shape index (κ2) is 6.29. The highest BCUT2D eigenvalue weighted by Crippen LogP contribution is 2.33. The average Bonchev–Trinajstić information content (AvgIpc) is 2.88. The first kappa shape index (κ1) is 14.7. The molecule has 3 rings (SSSR count). The summed E-state index contributed by atoms with van der Waals surface area (Å²) in [5.74, 6) is 0.470. The SMILES string of the molecule is CCNC1CCC(S(=O)c2ccc3ccccc3c2)C1C. The molecule has 0 spiro atoms. The monoisotopic (exact) mass is 301 g/mol. The van der Waals surface area contributed by atoms with Gasteiger partial charge in [0.25, 0.3) is 0 Å². The van der Waals surface area contributed by atoms with E-state index in [1.165, 1.54) is 10.8 Å². The van der Waals surface area contributed by atoms with Gasteiger partial charge in [-0.2, -0.15) is 0 Å². The molecule has 2 nitrogen and oxygen atoms in total. The van der Waals surface area contributed by atoms with Crippen molar-refractivity contribution in [2.75, 3.05) is 6.54 Å². The largest absolute Gasteiger partial charge is 0.314 e. The number of nitrogens with one attached hydrogen (secondary N) is 1. The maximum absolute atomic E-state index is 12.9. The Bertz CT molecular complexity index is 654. The molecule has 1 fully saturated rings. The van der Waals surface area contributed by atoms with Crippen LogP contribution >= 0.6 is 0 Å². The second-order valence-electron chi connectivity index (χ2n) is 5.95. The molecule has 21 heavy (non-hydrogen) atoms. The van der Waals surface area contributed by atoms with Gasteiger partial charge in [0.2, 0.25) is 0 Å². The Hall–Kier alpha value is -1.19. The van der Waals surface area contributed by atoms with Crippen LogP contribution in [0.3, 0.4) is 0 Å². The molecule has 4 unspecified atom stereocenters. The highest BCUT2D eigenvalue weighted by atomic mass is 32.2. The predicted octanol–water partition coefficient (Wildman–Crippen LogP) is 3.72. The van der Waals surface area contributed by atoms with Gasteiger partial charge >= 0.3 is 0 Å². The van der Waals surface area contributed by atoms with Crippen molar-refractivity contribution in [2.24, 2.45) is 5.92 Å². The van der Waals surface area contributed by atoms with E-state index in [4.69, 9.17) is 0 Å². The van der Waals surface area contributed by atoms with E-state index < -0.39 is 10.8 Å². The predicted molar refractivity (Wildman–Crippen MR) is 90.0 cm³/mol. The maximum atomic E-state index is 12.9. The summed E-state index contributed by atoms with van der Waals surface area (Å²) in [6.45, 7) is 5.37. The zero-order chi connectivity index (χ0) is 14.8. The molecular formula is C18H23NOS. The van der Waals surface area contributed by atoms with Crippen LogP contribution in [0.15, 0.2) is 47.4 Å². The first-order chi connectivity index (χ1) is 10.2. The minimum absolute atomic E-state index is 0.273. The summed E-state index contributed by atoms with van der Waals surface area (Å²) in [5, 5.41) is 6.19. The normalized spacial score (nSPS) is 27.0. The van der Waals surface area contributed by atoms with Crippen LogP contribution in [0.5, 0.6) is 0 Å². The van der Waals surface area contributed by atoms with E-state index >= 15 is 0 Å². The lowest BCUT2D eigenvalue weighted by Gasteiger charge is -2.21. The van der Waals surface area contributed by atoms with Crippen LogP contribution < -0.4 is 5.32 Å². The van der Waals surface area contributed by atoms with Crippen LogP contribution in [-0.4, -0.2) is 22.0 Å². The van der Waals surface area contributed by atoms with Gasteiger partial charge < -0.3 is 5.32 Å². The first-order valence-electron chi connectivity index (χ1n) is 7.83. The van der Waals surface area contributed by atoms with Gasteiger partial charge in [0.1, 0.15) is 0 Å². The van der Waals surface area contributed by atoms with Gasteiger partial charge in [-0.25, -0.2) is 0 Å². The second-order valence-corrected chi connectivity index (χ2v) is 7.62. The Kier molecular flexibility index (Phi) is 4.41. The van der Waals surface area contributed by atoms with Gasteiger partial charge in [-0.3, -0.25) is 4.21 Å². The van der Waals surface area contributed by atoms with Crippen LogP contribution in [0.4, 0.5) is 0 Å². The average molecular weight is 301 g/mol. The summed E-state index contributed by atoms with van der Waals surface area (Å²) in [6, 6.07) is 15.0. The van der Waals surface area contributed by atoms with Crippen LogP contribution in [0.1, 0.15) is 26.7 Å². The van der Waals surface area contributed by atoms with Crippen LogP contribution in [-0.2, 0) is 10.8 Å². The molecule has 0 radical (unpaired) electrons. The Morgan fingerprint density at radius 1 is 1.14 bits per heavy atom. The van der Waals surface area contributed by atoms with Gasteiger partial charge in [-0.05, 0) is 48.2 Å². The fourth-order valence-electron chi connectivity index (χ4n) is 3.45. The van der Waals surface area contributed by atoms with Crippen molar-refractivity contribution in [1.82, 2.24) is 5.32 Å². The zero-order valence-electron chi connectivity index (χ0n) is 12.7. The van der Waals surface area contributed by atoms with E-state index in [-0.39, 0.29) is 5.25 Å². The number of rotatable bonds is 4. The van der Waals surface area contributed by atoms with Crippen molar-refractivity contribution in [3.8, 4) is 0 Å². The Balaban J connectivity index is 1.84. The molecule has 112 valence electrons. The summed E-state index contributed by atoms with van der Waals surface area (Å²) in [5.41, 5.74) is 0. The van der Waals surface area contributed by atoms with Gasteiger partial charge in [0.15, 0.2) is 0 Å². The maximum Gasteiger partial charge on any atom is 0.0564 e. The minimum atomic E-state index is -0.909. The molecule has 1 aliphatic carbocycles. The van der Waals surface area contributed by atoms with Crippen molar-refractivity contribution >= 4 is 21.6 Å². The van der Waals surface area contributed by atoms with Crippen LogP contribution in [0, 0.1) is 5.92 Å².